The van der Waals surface area contributed by atoms with Crippen LogP contribution in [0.5, 0.6) is 0 Å². The molecule has 0 heterocycles. The highest BCUT2D eigenvalue weighted by Crippen LogP contribution is 1.94. The number of hydrogen-bond acceptors (Lipinski definition) is 1. The van der Waals surface area contributed by atoms with E-state index in [9.17, 15) is 4.79 Å². The third-order valence-electron chi connectivity index (χ3n) is 0.908. The van der Waals surface area contributed by atoms with E-state index in [4.69, 9.17) is 5.73 Å². The summed E-state index contributed by atoms with van der Waals surface area (Å²) in [6, 6.07) is 0. The van der Waals surface area contributed by atoms with E-state index in [1.807, 2.05) is 13.8 Å². The number of carbonyl (C=O) groups excluding carboxylic acids is 1. The molecular weight excluding hydrogens is 162 g/mol. The summed E-state index contributed by atoms with van der Waals surface area (Å²) in [5.41, 5.74) is 5.57. The Morgan fingerprint density at radius 1 is 1.23 bits per heavy atom. The number of hydrogen-bond donors (Lipinski definition) is 1. The van der Waals surface area contributed by atoms with Crippen LogP contribution in [0.2, 0.25) is 0 Å². The van der Waals surface area contributed by atoms with Crippen molar-refractivity contribution in [3.05, 3.63) is 49.1 Å². The van der Waals surface area contributed by atoms with Gasteiger partial charge in [-0.15, -0.1) is 0 Å². The number of rotatable bonds is 4. The summed E-state index contributed by atoms with van der Waals surface area (Å²) in [6.07, 6.45) is 7.89. The van der Waals surface area contributed by atoms with E-state index >= 15 is 0 Å². The van der Waals surface area contributed by atoms with Crippen LogP contribution in [0.25, 0.3) is 0 Å². The van der Waals surface area contributed by atoms with E-state index in [2.05, 4.69) is 13.2 Å². The quantitative estimate of drug-likeness (QED) is 0.522. The molecule has 0 fully saturated rings. The summed E-state index contributed by atoms with van der Waals surface area (Å²) < 4.78 is 0. The van der Waals surface area contributed by atoms with Gasteiger partial charge in [0.2, 0.25) is 5.91 Å². The Morgan fingerprint density at radius 3 is 2.15 bits per heavy atom. The molecule has 0 saturated carbocycles. The lowest BCUT2D eigenvalue weighted by Gasteiger charge is -1.85. The SMILES string of the molecule is C=C/C=C\C(=C)/C=C/C(N)=O.CC. The van der Waals surface area contributed by atoms with Crippen molar-refractivity contribution in [3.8, 4) is 0 Å². The van der Waals surface area contributed by atoms with Crippen molar-refractivity contribution < 1.29 is 4.79 Å². The standard InChI is InChI=1S/C9H11NO.C2H6/c1-3-4-5-8(2)6-7-9(10)11;1-2/h3-7H,1-2H2,(H2,10,11);1-2H3/b5-4-,7-6+;. The molecule has 2 nitrogen and oxygen atoms in total. The van der Waals surface area contributed by atoms with Crippen molar-refractivity contribution in [2.24, 2.45) is 5.73 Å². The molecule has 0 aromatic carbocycles. The van der Waals surface area contributed by atoms with Gasteiger partial charge < -0.3 is 5.73 Å². The van der Waals surface area contributed by atoms with Gasteiger partial charge in [-0.2, -0.15) is 0 Å². The van der Waals surface area contributed by atoms with E-state index in [1.54, 1.807) is 24.3 Å². The number of carbonyl (C=O) groups is 1. The fourth-order valence-corrected chi connectivity index (χ4v) is 0.436. The first-order chi connectivity index (χ1) is 6.16. The highest BCUT2D eigenvalue weighted by Gasteiger charge is 1.82. The van der Waals surface area contributed by atoms with Gasteiger partial charge in [0, 0.05) is 6.08 Å². The lowest BCUT2D eigenvalue weighted by atomic mass is 10.2. The molecular formula is C11H17NO. The minimum absolute atomic E-state index is 0.474. The average molecular weight is 179 g/mol. The Balaban J connectivity index is 0. The molecule has 0 rings (SSSR count). The van der Waals surface area contributed by atoms with E-state index in [-0.39, 0.29) is 0 Å². The first kappa shape index (κ1) is 14.0. The summed E-state index contributed by atoms with van der Waals surface area (Å²) in [6.45, 7) is 11.1. The maximum Gasteiger partial charge on any atom is 0.241 e. The van der Waals surface area contributed by atoms with Crippen molar-refractivity contribution in [3.63, 3.8) is 0 Å². The molecule has 0 saturated heterocycles. The third-order valence-corrected chi connectivity index (χ3v) is 0.908. The van der Waals surface area contributed by atoms with E-state index in [0.29, 0.717) is 5.57 Å². The molecule has 0 radical (unpaired) electrons. The molecule has 13 heavy (non-hydrogen) atoms. The minimum Gasteiger partial charge on any atom is -0.366 e. The van der Waals surface area contributed by atoms with E-state index in [0.717, 1.165) is 0 Å². The van der Waals surface area contributed by atoms with Gasteiger partial charge in [-0.1, -0.05) is 51.3 Å². The Bertz CT molecular complexity index is 224. The lowest BCUT2D eigenvalue weighted by molar-refractivity contribution is -0.113. The number of allylic oxidation sites excluding steroid dienone is 5. The van der Waals surface area contributed by atoms with Gasteiger partial charge in [0.1, 0.15) is 0 Å². The van der Waals surface area contributed by atoms with Gasteiger partial charge >= 0.3 is 0 Å². The summed E-state index contributed by atoms with van der Waals surface area (Å²) in [4.78, 5) is 10.2. The summed E-state index contributed by atoms with van der Waals surface area (Å²) in [5, 5.41) is 0. The molecule has 0 aromatic rings. The van der Waals surface area contributed by atoms with Crippen LogP contribution in [0, 0.1) is 0 Å². The zero-order valence-electron chi connectivity index (χ0n) is 8.29. The summed E-state index contributed by atoms with van der Waals surface area (Å²) in [5.74, 6) is -0.474. The van der Waals surface area contributed by atoms with Crippen molar-refractivity contribution in [2.45, 2.75) is 13.8 Å². The molecule has 0 atom stereocenters. The molecule has 0 aliphatic heterocycles. The molecule has 1 amide bonds. The average Bonchev–Trinajstić information content (AvgIpc) is 2.14. The second kappa shape index (κ2) is 10.4. The smallest absolute Gasteiger partial charge is 0.241 e. The highest BCUT2D eigenvalue weighted by atomic mass is 16.1. The van der Waals surface area contributed by atoms with Gasteiger partial charge in [-0.3, -0.25) is 4.79 Å². The maximum atomic E-state index is 10.2. The Kier molecular flexibility index (Phi) is 11.2. The van der Waals surface area contributed by atoms with Crippen molar-refractivity contribution in [1.29, 1.82) is 0 Å². The van der Waals surface area contributed by atoms with Crippen LogP contribution in [-0.4, -0.2) is 5.91 Å². The molecule has 0 spiro atoms. The maximum absolute atomic E-state index is 10.2. The van der Waals surface area contributed by atoms with Gasteiger partial charge in [0.05, 0.1) is 0 Å². The van der Waals surface area contributed by atoms with Gasteiger partial charge in [0.25, 0.3) is 0 Å². The summed E-state index contributed by atoms with van der Waals surface area (Å²) >= 11 is 0. The van der Waals surface area contributed by atoms with Crippen LogP contribution < -0.4 is 5.73 Å². The minimum atomic E-state index is -0.474. The largest absolute Gasteiger partial charge is 0.366 e. The predicted octanol–water partition coefficient (Wildman–Crippen LogP) is 2.35. The molecule has 0 aromatic heterocycles. The topological polar surface area (TPSA) is 43.1 Å². The first-order valence-electron chi connectivity index (χ1n) is 4.12. The molecule has 0 aliphatic carbocycles. The fraction of sp³-hybridized carbons (Fsp3) is 0.182. The van der Waals surface area contributed by atoms with Crippen LogP contribution in [0.4, 0.5) is 0 Å². The Morgan fingerprint density at radius 2 is 1.77 bits per heavy atom. The first-order valence-corrected chi connectivity index (χ1v) is 4.12. The molecule has 2 N–H and O–H groups in total. The van der Waals surface area contributed by atoms with E-state index < -0.39 is 5.91 Å². The summed E-state index contributed by atoms with van der Waals surface area (Å²) in [7, 11) is 0. The fourth-order valence-electron chi connectivity index (χ4n) is 0.436. The molecule has 72 valence electrons. The predicted molar refractivity (Wildman–Crippen MR) is 58.2 cm³/mol. The second-order valence-corrected chi connectivity index (χ2v) is 1.91. The van der Waals surface area contributed by atoms with Crippen molar-refractivity contribution in [2.75, 3.05) is 0 Å². The second-order valence-electron chi connectivity index (χ2n) is 1.91. The van der Waals surface area contributed by atoms with Gasteiger partial charge in [-0.05, 0) is 5.57 Å². The van der Waals surface area contributed by atoms with Crippen LogP contribution >= 0.6 is 0 Å². The number of nitrogens with two attached hydrogens (primary N) is 1. The molecule has 2 heteroatoms. The monoisotopic (exact) mass is 179 g/mol. The zero-order valence-corrected chi connectivity index (χ0v) is 8.29. The van der Waals surface area contributed by atoms with Crippen LogP contribution in [-0.2, 0) is 4.79 Å². The van der Waals surface area contributed by atoms with Gasteiger partial charge in [-0.25, -0.2) is 0 Å². The van der Waals surface area contributed by atoms with Gasteiger partial charge in [0.15, 0.2) is 0 Å². The lowest BCUT2D eigenvalue weighted by Crippen LogP contribution is -2.05. The third kappa shape index (κ3) is 13.4. The highest BCUT2D eigenvalue weighted by molar-refractivity contribution is 5.86. The Labute approximate surface area is 80.1 Å². The normalized spacial score (nSPS) is 9.38. The molecule has 0 aliphatic rings. The van der Waals surface area contributed by atoms with Crippen LogP contribution in [0.3, 0.4) is 0 Å². The molecule has 0 bridgehead atoms. The van der Waals surface area contributed by atoms with E-state index in [1.165, 1.54) is 6.08 Å². The van der Waals surface area contributed by atoms with Crippen LogP contribution in [0.15, 0.2) is 49.1 Å². The van der Waals surface area contributed by atoms with Crippen molar-refractivity contribution in [1.82, 2.24) is 0 Å². The number of amides is 1. The zero-order chi connectivity index (χ0) is 10.7. The molecule has 0 unspecified atom stereocenters. The van der Waals surface area contributed by atoms with Crippen molar-refractivity contribution >= 4 is 5.91 Å². The number of primary amides is 1. The van der Waals surface area contributed by atoms with Crippen LogP contribution in [0.1, 0.15) is 13.8 Å². The Hall–Kier alpha value is -1.57.